The first-order valence-corrected chi connectivity index (χ1v) is 10.9. The highest BCUT2D eigenvalue weighted by molar-refractivity contribution is 6.11. The number of nitrogens with one attached hydrogen (secondary N) is 4. The lowest BCUT2D eigenvalue weighted by Crippen LogP contribution is -2.28. The molecular weight excluding hydrogens is 446 g/mol. The molecule has 0 heterocycles. The molecule has 3 aromatic carbocycles. The molecule has 3 rings (SSSR count). The second-order valence-electron chi connectivity index (χ2n) is 8.30. The zero-order chi connectivity index (χ0) is 25.5. The van der Waals surface area contributed by atoms with Gasteiger partial charge in [-0.25, -0.2) is 5.48 Å². The quantitative estimate of drug-likeness (QED) is 0.128. The number of benzene rings is 3. The average Bonchev–Trinajstić information content (AvgIpc) is 2.86. The van der Waals surface area contributed by atoms with Crippen LogP contribution in [0.1, 0.15) is 50.5 Å². The van der Waals surface area contributed by atoms with Crippen molar-refractivity contribution in [3.05, 3.63) is 89.0 Å². The van der Waals surface area contributed by atoms with E-state index in [1.165, 1.54) is 6.07 Å². The maximum atomic E-state index is 13.1. The van der Waals surface area contributed by atoms with E-state index in [1.54, 1.807) is 66.1 Å². The van der Waals surface area contributed by atoms with Gasteiger partial charge in [-0.3, -0.25) is 25.0 Å². The Morgan fingerprint density at radius 2 is 1.49 bits per heavy atom. The van der Waals surface area contributed by atoms with Crippen LogP contribution in [0.15, 0.2) is 66.7 Å². The molecule has 180 valence electrons. The molecular formula is C26H27N5O4. The van der Waals surface area contributed by atoms with Crippen LogP contribution in [0.2, 0.25) is 0 Å². The summed E-state index contributed by atoms with van der Waals surface area (Å²) in [5, 5.41) is 22.4. The zero-order valence-corrected chi connectivity index (χ0v) is 19.4. The summed E-state index contributed by atoms with van der Waals surface area (Å²) in [6.07, 6.45) is 0. The summed E-state index contributed by atoms with van der Waals surface area (Å²) in [5.74, 6) is -1.41. The van der Waals surface area contributed by atoms with Gasteiger partial charge in [-0.05, 0) is 59.5 Å². The molecule has 9 nitrogen and oxygen atoms in total. The Bertz CT molecular complexity index is 1270. The Morgan fingerprint density at radius 1 is 0.857 bits per heavy atom. The Morgan fingerprint density at radius 3 is 2.11 bits per heavy atom. The molecule has 0 bridgehead atoms. The van der Waals surface area contributed by atoms with Crippen LogP contribution in [0.5, 0.6) is 0 Å². The van der Waals surface area contributed by atoms with Crippen LogP contribution in [0.3, 0.4) is 0 Å². The standard InChI is InChI=1S/C26H27N5O4/c1-15(2)14-29-24(32)17-9-12-20(22(13-17)26(34)31-35)19-5-3-4-6-21(19)25(33)30-18-10-7-16(8-11-18)23(27)28/h3-13,15,35H,14H2,1-2H3,(H3,27,28)(H,29,32)(H,30,33)(H,31,34). The Kier molecular flexibility index (Phi) is 7.96. The molecule has 7 N–H and O–H groups in total. The van der Waals surface area contributed by atoms with E-state index < -0.39 is 11.8 Å². The van der Waals surface area contributed by atoms with Gasteiger partial charge in [-0.15, -0.1) is 0 Å². The fourth-order valence-electron chi connectivity index (χ4n) is 3.41. The molecule has 35 heavy (non-hydrogen) atoms. The Balaban J connectivity index is 1.97. The Labute approximate surface area is 202 Å². The summed E-state index contributed by atoms with van der Waals surface area (Å²) in [5.41, 5.74) is 9.50. The van der Waals surface area contributed by atoms with Crippen molar-refractivity contribution in [3.63, 3.8) is 0 Å². The van der Waals surface area contributed by atoms with Crippen molar-refractivity contribution in [1.82, 2.24) is 10.8 Å². The van der Waals surface area contributed by atoms with E-state index in [2.05, 4.69) is 10.6 Å². The van der Waals surface area contributed by atoms with Crippen LogP contribution >= 0.6 is 0 Å². The highest BCUT2D eigenvalue weighted by Gasteiger charge is 2.20. The SMILES string of the molecule is CC(C)CNC(=O)c1ccc(-c2ccccc2C(=O)Nc2ccc(C(=N)N)cc2)c(C(=O)NO)c1. The molecule has 0 saturated carbocycles. The summed E-state index contributed by atoms with van der Waals surface area (Å²) >= 11 is 0. The normalized spacial score (nSPS) is 10.5. The number of hydrogen-bond acceptors (Lipinski definition) is 5. The second-order valence-corrected chi connectivity index (χ2v) is 8.30. The average molecular weight is 474 g/mol. The fraction of sp³-hybridized carbons (Fsp3) is 0.154. The molecule has 0 aliphatic heterocycles. The minimum Gasteiger partial charge on any atom is -0.384 e. The van der Waals surface area contributed by atoms with Crippen molar-refractivity contribution in [3.8, 4) is 11.1 Å². The third kappa shape index (κ3) is 6.10. The van der Waals surface area contributed by atoms with Gasteiger partial charge >= 0.3 is 0 Å². The molecule has 0 spiro atoms. The molecule has 0 unspecified atom stereocenters. The molecule has 3 amide bonds. The van der Waals surface area contributed by atoms with Gasteiger partial charge in [-0.2, -0.15) is 0 Å². The van der Waals surface area contributed by atoms with Gasteiger partial charge in [0.15, 0.2) is 0 Å². The third-order valence-electron chi connectivity index (χ3n) is 5.21. The van der Waals surface area contributed by atoms with Crippen molar-refractivity contribution in [2.45, 2.75) is 13.8 Å². The fourth-order valence-corrected chi connectivity index (χ4v) is 3.41. The van der Waals surface area contributed by atoms with Gasteiger partial charge in [0.05, 0.1) is 5.56 Å². The summed E-state index contributed by atoms with van der Waals surface area (Å²) < 4.78 is 0. The van der Waals surface area contributed by atoms with Gasteiger partial charge in [0.25, 0.3) is 17.7 Å². The maximum Gasteiger partial charge on any atom is 0.275 e. The number of nitrogen functional groups attached to an aromatic ring is 1. The third-order valence-corrected chi connectivity index (χ3v) is 5.21. The molecule has 0 aliphatic carbocycles. The number of amidine groups is 1. The lowest BCUT2D eigenvalue weighted by atomic mass is 9.93. The van der Waals surface area contributed by atoms with Gasteiger partial charge in [0, 0.05) is 28.9 Å². The molecule has 0 aliphatic rings. The first kappa shape index (κ1) is 25.1. The second kappa shape index (κ2) is 11.1. The number of nitrogens with two attached hydrogens (primary N) is 1. The minimum atomic E-state index is -0.812. The van der Waals surface area contributed by atoms with Crippen LogP contribution in [0, 0.1) is 11.3 Å². The molecule has 0 saturated heterocycles. The zero-order valence-electron chi connectivity index (χ0n) is 19.4. The van der Waals surface area contributed by atoms with Crippen molar-refractivity contribution >= 4 is 29.2 Å². The van der Waals surface area contributed by atoms with E-state index in [0.29, 0.717) is 28.9 Å². The molecule has 3 aromatic rings. The number of carbonyl (C=O) groups excluding carboxylic acids is 3. The van der Waals surface area contributed by atoms with Gasteiger partial charge < -0.3 is 16.4 Å². The summed E-state index contributed by atoms with van der Waals surface area (Å²) in [6.45, 7) is 4.40. The van der Waals surface area contributed by atoms with Crippen molar-refractivity contribution in [2.75, 3.05) is 11.9 Å². The van der Waals surface area contributed by atoms with Crippen LogP contribution in [0.4, 0.5) is 5.69 Å². The molecule has 9 heteroatoms. The van der Waals surface area contributed by atoms with Gasteiger partial charge in [-0.1, -0.05) is 38.1 Å². The number of carbonyl (C=O) groups is 3. The smallest absolute Gasteiger partial charge is 0.275 e. The maximum absolute atomic E-state index is 13.1. The number of amides is 3. The molecule has 0 fully saturated rings. The number of rotatable bonds is 8. The van der Waals surface area contributed by atoms with E-state index in [9.17, 15) is 19.6 Å². The van der Waals surface area contributed by atoms with Gasteiger partial charge in [0.1, 0.15) is 5.84 Å². The van der Waals surface area contributed by atoms with Gasteiger partial charge in [0.2, 0.25) is 0 Å². The largest absolute Gasteiger partial charge is 0.384 e. The van der Waals surface area contributed by atoms with Crippen LogP contribution in [-0.4, -0.2) is 35.3 Å². The number of anilines is 1. The van der Waals surface area contributed by atoms with Crippen molar-refractivity contribution < 1.29 is 19.6 Å². The highest BCUT2D eigenvalue weighted by Crippen LogP contribution is 2.29. The van der Waals surface area contributed by atoms with E-state index in [1.807, 2.05) is 13.8 Å². The highest BCUT2D eigenvalue weighted by atomic mass is 16.5. The van der Waals surface area contributed by atoms with Crippen LogP contribution in [0.25, 0.3) is 11.1 Å². The molecule has 0 radical (unpaired) electrons. The summed E-state index contributed by atoms with van der Waals surface area (Å²) in [4.78, 5) is 38.1. The van der Waals surface area contributed by atoms with E-state index >= 15 is 0 Å². The molecule has 0 atom stereocenters. The summed E-state index contributed by atoms with van der Waals surface area (Å²) in [7, 11) is 0. The topological polar surface area (TPSA) is 157 Å². The first-order chi connectivity index (χ1) is 16.7. The van der Waals surface area contributed by atoms with E-state index in [4.69, 9.17) is 11.1 Å². The minimum absolute atomic E-state index is 0.0377. The molecule has 0 aromatic heterocycles. The monoisotopic (exact) mass is 473 g/mol. The van der Waals surface area contributed by atoms with Crippen LogP contribution < -0.4 is 21.8 Å². The predicted octanol–water partition coefficient (Wildman–Crippen LogP) is 3.39. The summed E-state index contributed by atoms with van der Waals surface area (Å²) in [6, 6.07) is 17.7. The van der Waals surface area contributed by atoms with Crippen LogP contribution in [-0.2, 0) is 0 Å². The van der Waals surface area contributed by atoms with E-state index in [-0.39, 0.29) is 34.4 Å². The Hall–Kier alpha value is -4.50. The number of hydrogen-bond donors (Lipinski definition) is 6. The lowest BCUT2D eigenvalue weighted by molar-refractivity contribution is 0.0707. The van der Waals surface area contributed by atoms with Crippen molar-refractivity contribution in [1.29, 1.82) is 5.41 Å². The van der Waals surface area contributed by atoms with E-state index in [0.717, 1.165) is 0 Å². The first-order valence-electron chi connectivity index (χ1n) is 10.9. The van der Waals surface area contributed by atoms with Crippen molar-refractivity contribution in [2.24, 2.45) is 11.7 Å². The lowest BCUT2D eigenvalue weighted by Gasteiger charge is -2.15. The number of hydroxylamine groups is 1. The predicted molar refractivity (Wildman–Crippen MR) is 134 cm³/mol.